The highest BCUT2D eigenvalue weighted by molar-refractivity contribution is 6.39. The second kappa shape index (κ2) is 4.31. The predicted octanol–water partition coefficient (Wildman–Crippen LogP) is 2.86. The van der Waals surface area contributed by atoms with Gasteiger partial charge in [-0.25, -0.2) is 9.29 Å². The SMILES string of the molecule is Nc1ccc2c(c1)C(=O)N(c1ccc(F)cc1Cl)C2=O. The lowest BCUT2D eigenvalue weighted by atomic mass is 10.1. The van der Waals surface area contributed by atoms with Gasteiger partial charge in [0, 0.05) is 5.69 Å². The van der Waals surface area contributed by atoms with Crippen LogP contribution < -0.4 is 10.6 Å². The molecule has 2 N–H and O–H groups in total. The first-order valence-corrected chi connectivity index (χ1v) is 6.10. The smallest absolute Gasteiger partial charge is 0.266 e. The van der Waals surface area contributed by atoms with Crippen molar-refractivity contribution >= 4 is 34.8 Å². The molecule has 3 rings (SSSR count). The minimum absolute atomic E-state index is 0.00696. The van der Waals surface area contributed by atoms with Crippen molar-refractivity contribution in [2.75, 3.05) is 10.6 Å². The average molecular weight is 291 g/mol. The molecule has 1 aliphatic heterocycles. The minimum atomic E-state index is -0.542. The first-order valence-electron chi connectivity index (χ1n) is 5.72. The zero-order valence-electron chi connectivity index (χ0n) is 10.1. The van der Waals surface area contributed by atoms with Crippen molar-refractivity contribution in [1.82, 2.24) is 0 Å². The van der Waals surface area contributed by atoms with Crippen molar-refractivity contribution in [3.8, 4) is 0 Å². The monoisotopic (exact) mass is 290 g/mol. The summed E-state index contributed by atoms with van der Waals surface area (Å²) in [6, 6.07) is 7.95. The molecule has 0 atom stereocenters. The standard InChI is InChI=1S/C14H8ClFN2O2/c15-11-5-7(16)1-4-12(11)18-13(19)9-3-2-8(17)6-10(9)14(18)20/h1-6H,17H2. The number of rotatable bonds is 1. The number of nitrogens with two attached hydrogens (primary N) is 1. The third-order valence-electron chi connectivity index (χ3n) is 3.06. The Morgan fingerprint density at radius 1 is 1.00 bits per heavy atom. The molecule has 0 bridgehead atoms. The van der Waals surface area contributed by atoms with Gasteiger partial charge in [0.2, 0.25) is 0 Å². The topological polar surface area (TPSA) is 63.4 Å². The molecule has 2 aromatic rings. The van der Waals surface area contributed by atoms with Gasteiger partial charge in [0.1, 0.15) is 5.82 Å². The lowest BCUT2D eigenvalue weighted by molar-refractivity contribution is 0.0926. The van der Waals surface area contributed by atoms with Gasteiger partial charge in [-0.2, -0.15) is 0 Å². The van der Waals surface area contributed by atoms with Gasteiger partial charge in [0.15, 0.2) is 0 Å². The Bertz CT molecular complexity index is 761. The van der Waals surface area contributed by atoms with Crippen molar-refractivity contribution in [3.63, 3.8) is 0 Å². The number of amides is 2. The Hall–Kier alpha value is -2.40. The van der Waals surface area contributed by atoms with Gasteiger partial charge in [-0.05, 0) is 36.4 Å². The molecule has 0 saturated carbocycles. The van der Waals surface area contributed by atoms with E-state index in [9.17, 15) is 14.0 Å². The number of halogens is 2. The molecule has 1 heterocycles. The fourth-order valence-corrected chi connectivity index (χ4v) is 2.39. The lowest BCUT2D eigenvalue weighted by Crippen LogP contribution is -2.29. The number of hydrogen-bond donors (Lipinski definition) is 1. The highest BCUT2D eigenvalue weighted by Crippen LogP contribution is 2.34. The van der Waals surface area contributed by atoms with Crippen LogP contribution in [0.4, 0.5) is 15.8 Å². The maximum absolute atomic E-state index is 13.1. The first-order chi connectivity index (χ1) is 9.49. The number of nitrogen functional groups attached to an aromatic ring is 1. The maximum atomic E-state index is 13.1. The van der Waals surface area contributed by atoms with E-state index >= 15 is 0 Å². The molecule has 4 nitrogen and oxygen atoms in total. The number of carbonyl (C=O) groups excluding carboxylic acids is 2. The number of nitrogens with zero attached hydrogens (tertiary/aromatic N) is 1. The predicted molar refractivity (Wildman–Crippen MR) is 73.4 cm³/mol. The molecule has 6 heteroatoms. The molecule has 20 heavy (non-hydrogen) atoms. The largest absolute Gasteiger partial charge is 0.399 e. The summed E-state index contributed by atoms with van der Waals surface area (Å²) in [5.41, 5.74) is 6.62. The number of fused-ring (bicyclic) bond motifs is 1. The van der Waals surface area contributed by atoms with Crippen LogP contribution in [0.3, 0.4) is 0 Å². The van der Waals surface area contributed by atoms with E-state index in [0.717, 1.165) is 17.0 Å². The van der Waals surface area contributed by atoms with Crippen LogP contribution in [0.5, 0.6) is 0 Å². The van der Waals surface area contributed by atoms with Gasteiger partial charge < -0.3 is 5.73 Å². The molecular weight excluding hydrogens is 283 g/mol. The summed E-state index contributed by atoms with van der Waals surface area (Å²) in [7, 11) is 0. The molecule has 0 saturated heterocycles. The van der Waals surface area contributed by atoms with Crippen LogP contribution in [0.15, 0.2) is 36.4 Å². The molecule has 0 unspecified atom stereocenters. The zero-order valence-corrected chi connectivity index (χ0v) is 10.8. The molecule has 0 fully saturated rings. The molecule has 0 spiro atoms. The highest BCUT2D eigenvalue weighted by atomic mass is 35.5. The molecule has 0 radical (unpaired) electrons. The number of carbonyl (C=O) groups is 2. The summed E-state index contributed by atoms with van der Waals surface area (Å²) in [4.78, 5) is 25.5. The Labute approximate surface area is 118 Å². The van der Waals surface area contributed by atoms with Gasteiger partial charge in [-0.1, -0.05) is 11.6 Å². The van der Waals surface area contributed by atoms with Gasteiger partial charge >= 0.3 is 0 Å². The second-order valence-corrected chi connectivity index (χ2v) is 4.75. The third-order valence-corrected chi connectivity index (χ3v) is 3.36. The van der Waals surface area contributed by atoms with Crippen molar-refractivity contribution in [2.45, 2.75) is 0 Å². The average Bonchev–Trinajstić information content (AvgIpc) is 2.63. The summed E-state index contributed by atoms with van der Waals surface area (Å²) >= 11 is 5.90. The Morgan fingerprint density at radius 3 is 2.40 bits per heavy atom. The van der Waals surface area contributed by atoms with Crippen LogP contribution in [0, 0.1) is 5.82 Å². The Balaban J connectivity index is 2.14. The molecule has 100 valence electrons. The normalized spacial score (nSPS) is 13.8. The molecular formula is C14H8ClFN2O2. The van der Waals surface area contributed by atoms with Crippen molar-refractivity contribution in [1.29, 1.82) is 0 Å². The van der Waals surface area contributed by atoms with E-state index in [1.165, 1.54) is 18.2 Å². The molecule has 2 amide bonds. The molecule has 0 aliphatic carbocycles. The summed E-state index contributed by atoms with van der Waals surface area (Å²) in [5.74, 6) is -1.57. The third kappa shape index (κ3) is 1.75. The van der Waals surface area contributed by atoms with Crippen molar-refractivity contribution < 1.29 is 14.0 Å². The van der Waals surface area contributed by atoms with E-state index in [2.05, 4.69) is 0 Å². The fraction of sp³-hybridized carbons (Fsp3) is 0. The van der Waals surface area contributed by atoms with Crippen molar-refractivity contribution in [3.05, 3.63) is 58.4 Å². The van der Waals surface area contributed by atoms with Crippen molar-refractivity contribution in [2.24, 2.45) is 0 Å². The number of imide groups is 1. The van der Waals surface area contributed by atoms with Crippen LogP contribution in [-0.2, 0) is 0 Å². The van der Waals surface area contributed by atoms with E-state index in [1.54, 1.807) is 6.07 Å². The molecule has 1 aliphatic rings. The number of benzene rings is 2. The molecule has 2 aromatic carbocycles. The van der Waals surface area contributed by atoms with E-state index in [-0.39, 0.29) is 21.8 Å². The number of hydrogen-bond acceptors (Lipinski definition) is 3. The van der Waals surface area contributed by atoms with Crippen LogP contribution >= 0.6 is 11.6 Å². The van der Waals surface area contributed by atoms with Gasteiger partial charge in [-0.3, -0.25) is 9.59 Å². The summed E-state index contributed by atoms with van der Waals surface area (Å²) < 4.78 is 13.1. The zero-order chi connectivity index (χ0) is 14.4. The Morgan fingerprint density at radius 2 is 1.70 bits per heavy atom. The number of anilines is 2. The summed E-state index contributed by atoms with van der Waals surface area (Å²) in [6.45, 7) is 0. The van der Waals surface area contributed by atoms with E-state index in [4.69, 9.17) is 17.3 Å². The summed E-state index contributed by atoms with van der Waals surface area (Å²) in [5, 5.41) is -0.00696. The fourth-order valence-electron chi connectivity index (χ4n) is 2.14. The lowest BCUT2D eigenvalue weighted by Gasteiger charge is -2.15. The van der Waals surface area contributed by atoms with Gasteiger partial charge in [-0.15, -0.1) is 0 Å². The van der Waals surface area contributed by atoms with E-state index < -0.39 is 17.6 Å². The van der Waals surface area contributed by atoms with Crippen LogP contribution in [0.1, 0.15) is 20.7 Å². The van der Waals surface area contributed by atoms with E-state index in [1.807, 2.05) is 0 Å². The van der Waals surface area contributed by atoms with Crippen LogP contribution in [-0.4, -0.2) is 11.8 Å². The quantitative estimate of drug-likeness (QED) is 0.649. The first kappa shape index (κ1) is 12.6. The van der Waals surface area contributed by atoms with Crippen LogP contribution in [0.2, 0.25) is 5.02 Å². The minimum Gasteiger partial charge on any atom is -0.399 e. The van der Waals surface area contributed by atoms with Crippen LogP contribution in [0.25, 0.3) is 0 Å². The van der Waals surface area contributed by atoms with Gasteiger partial charge in [0.25, 0.3) is 11.8 Å². The molecule has 0 aromatic heterocycles. The van der Waals surface area contributed by atoms with Gasteiger partial charge in [0.05, 0.1) is 21.8 Å². The van der Waals surface area contributed by atoms with E-state index in [0.29, 0.717) is 5.69 Å². The highest BCUT2D eigenvalue weighted by Gasteiger charge is 2.37. The Kier molecular flexibility index (Phi) is 2.72. The second-order valence-electron chi connectivity index (χ2n) is 4.35. The maximum Gasteiger partial charge on any atom is 0.266 e. The summed E-state index contributed by atoms with van der Waals surface area (Å²) in [6.07, 6.45) is 0.